The number of phenols is 1. The quantitative estimate of drug-likeness (QED) is 0.786. The third kappa shape index (κ3) is 3.62. The van der Waals surface area contributed by atoms with Gasteiger partial charge in [-0.05, 0) is 43.5 Å². The van der Waals surface area contributed by atoms with Crippen LogP contribution in [0.4, 0.5) is 0 Å². The lowest BCUT2D eigenvalue weighted by atomic mass is 9.91. The van der Waals surface area contributed by atoms with Crippen LogP contribution in [0.3, 0.4) is 0 Å². The highest BCUT2D eigenvalue weighted by Gasteiger charge is 2.24. The average Bonchev–Trinajstić information content (AvgIpc) is 2.23. The molecule has 0 aliphatic heterocycles. The van der Waals surface area contributed by atoms with Gasteiger partial charge in [0.25, 0.3) is 0 Å². The summed E-state index contributed by atoms with van der Waals surface area (Å²) in [5.74, 6) is 1.08. The average molecular weight is 254 g/mol. The molecule has 1 aromatic rings. The Balaban J connectivity index is 1.95. The zero-order valence-corrected chi connectivity index (χ0v) is 10.9. The number of benzene rings is 1. The minimum absolute atomic E-state index is 0.355. The molecule has 0 aromatic heterocycles. The van der Waals surface area contributed by atoms with Gasteiger partial charge in [0.15, 0.2) is 0 Å². The Morgan fingerprint density at radius 2 is 2.18 bits per heavy atom. The second kappa shape index (κ2) is 6.27. The van der Waals surface area contributed by atoms with Gasteiger partial charge in [-0.2, -0.15) is 0 Å². The molecule has 0 radical (unpaired) electrons. The lowest BCUT2D eigenvalue weighted by molar-refractivity contribution is 0.120. The second-order valence-electron chi connectivity index (χ2n) is 4.77. The van der Waals surface area contributed by atoms with Gasteiger partial charge in [-0.25, -0.2) is 0 Å². The van der Waals surface area contributed by atoms with Gasteiger partial charge in [0.1, 0.15) is 5.75 Å². The summed E-state index contributed by atoms with van der Waals surface area (Å²) in [6.07, 6.45) is 5.00. The maximum Gasteiger partial charge on any atom is 0.115 e. The summed E-state index contributed by atoms with van der Waals surface area (Å²) in [7, 11) is 0. The summed E-state index contributed by atoms with van der Waals surface area (Å²) in [5.41, 5.74) is 1.19. The SMILES string of the molecule is Oc1cccc(CN(CCCCl)C2CCC2)c1. The molecule has 2 nitrogen and oxygen atoms in total. The van der Waals surface area contributed by atoms with Crippen LogP contribution in [0.5, 0.6) is 5.75 Å². The predicted octanol–water partition coefficient (Wildman–Crippen LogP) is 3.38. The molecule has 3 heteroatoms. The molecule has 1 aliphatic rings. The lowest BCUT2D eigenvalue weighted by Crippen LogP contribution is -2.40. The number of hydrogen-bond acceptors (Lipinski definition) is 2. The smallest absolute Gasteiger partial charge is 0.115 e. The van der Waals surface area contributed by atoms with E-state index in [4.69, 9.17) is 11.6 Å². The Kier molecular flexibility index (Phi) is 4.69. The Morgan fingerprint density at radius 3 is 2.76 bits per heavy atom. The van der Waals surface area contributed by atoms with E-state index in [1.807, 2.05) is 12.1 Å². The first kappa shape index (κ1) is 12.7. The number of halogens is 1. The minimum Gasteiger partial charge on any atom is -0.508 e. The van der Waals surface area contributed by atoms with E-state index in [-0.39, 0.29) is 0 Å². The highest BCUT2D eigenvalue weighted by Crippen LogP contribution is 2.27. The van der Waals surface area contributed by atoms with Gasteiger partial charge in [0.05, 0.1) is 0 Å². The molecule has 0 spiro atoms. The molecular weight excluding hydrogens is 234 g/mol. The zero-order chi connectivity index (χ0) is 12.1. The van der Waals surface area contributed by atoms with Crippen molar-refractivity contribution in [2.75, 3.05) is 12.4 Å². The third-order valence-corrected chi connectivity index (χ3v) is 3.73. The first-order chi connectivity index (χ1) is 8.29. The second-order valence-corrected chi connectivity index (χ2v) is 5.15. The number of hydrogen-bond donors (Lipinski definition) is 1. The molecule has 0 unspecified atom stereocenters. The first-order valence-electron chi connectivity index (χ1n) is 6.37. The van der Waals surface area contributed by atoms with Gasteiger partial charge < -0.3 is 5.11 Å². The van der Waals surface area contributed by atoms with Gasteiger partial charge in [0, 0.05) is 18.5 Å². The number of alkyl halides is 1. The van der Waals surface area contributed by atoms with Gasteiger partial charge in [-0.3, -0.25) is 4.90 Å². The van der Waals surface area contributed by atoms with Crippen LogP contribution >= 0.6 is 11.6 Å². The van der Waals surface area contributed by atoms with Crippen LogP contribution < -0.4 is 0 Å². The fourth-order valence-corrected chi connectivity index (χ4v) is 2.41. The molecule has 0 bridgehead atoms. The van der Waals surface area contributed by atoms with Crippen molar-refractivity contribution in [1.82, 2.24) is 4.90 Å². The summed E-state index contributed by atoms with van der Waals surface area (Å²) < 4.78 is 0. The van der Waals surface area contributed by atoms with Crippen LogP contribution in [-0.4, -0.2) is 28.5 Å². The fourth-order valence-electron chi connectivity index (χ4n) is 2.29. The molecule has 1 aromatic carbocycles. The maximum absolute atomic E-state index is 9.47. The van der Waals surface area contributed by atoms with Gasteiger partial charge in [-0.15, -0.1) is 11.6 Å². The van der Waals surface area contributed by atoms with E-state index < -0.39 is 0 Å². The standard InChI is InChI=1S/C14H20ClNO/c15-8-3-9-16(13-5-2-6-13)11-12-4-1-7-14(17)10-12/h1,4,7,10,13,17H,2-3,5-6,8-9,11H2. The highest BCUT2D eigenvalue weighted by atomic mass is 35.5. The topological polar surface area (TPSA) is 23.5 Å². The van der Waals surface area contributed by atoms with Crippen LogP contribution in [0, 0.1) is 0 Å². The van der Waals surface area contributed by atoms with E-state index in [2.05, 4.69) is 11.0 Å². The van der Waals surface area contributed by atoms with Crippen molar-refractivity contribution in [3.05, 3.63) is 29.8 Å². The monoisotopic (exact) mass is 253 g/mol. The number of rotatable bonds is 6. The summed E-state index contributed by atoms with van der Waals surface area (Å²) in [6.45, 7) is 1.99. The van der Waals surface area contributed by atoms with Crippen molar-refractivity contribution in [3.63, 3.8) is 0 Å². The predicted molar refractivity (Wildman–Crippen MR) is 71.5 cm³/mol. The highest BCUT2D eigenvalue weighted by molar-refractivity contribution is 6.17. The van der Waals surface area contributed by atoms with Gasteiger partial charge in [0.2, 0.25) is 0 Å². The van der Waals surface area contributed by atoms with E-state index in [1.165, 1.54) is 24.8 Å². The molecule has 1 aliphatic carbocycles. The van der Waals surface area contributed by atoms with Crippen LogP contribution in [0.1, 0.15) is 31.2 Å². The van der Waals surface area contributed by atoms with Crippen molar-refractivity contribution < 1.29 is 5.11 Å². The van der Waals surface area contributed by atoms with E-state index in [9.17, 15) is 5.11 Å². The van der Waals surface area contributed by atoms with Gasteiger partial charge >= 0.3 is 0 Å². The number of nitrogens with zero attached hydrogens (tertiary/aromatic N) is 1. The summed E-state index contributed by atoms with van der Waals surface area (Å²) in [4.78, 5) is 2.50. The summed E-state index contributed by atoms with van der Waals surface area (Å²) >= 11 is 5.77. The van der Waals surface area contributed by atoms with Crippen molar-refractivity contribution in [3.8, 4) is 5.75 Å². The molecule has 1 N–H and O–H groups in total. The molecule has 0 amide bonds. The molecule has 2 rings (SSSR count). The van der Waals surface area contributed by atoms with Crippen LogP contribution in [0.2, 0.25) is 0 Å². The molecule has 0 saturated heterocycles. The largest absolute Gasteiger partial charge is 0.508 e. The molecule has 17 heavy (non-hydrogen) atoms. The van der Waals surface area contributed by atoms with Crippen molar-refractivity contribution in [1.29, 1.82) is 0 Å². The Labute approximate surface area is 108 Å². The van der Waals surface area contributed by atoms with Crippen LogP contribution in [-0.2, 0) is 6.54 Å². The molecule has 94 valence electrons. The Hall–Kier alpha value is -0.730. The van der Waals surface area contributed by atoms with Gasteiger partial charge in [-0.1, -0.05) is 18.6 Å². The molecule has 1 saturated carbocycles. The van der Waals surface area contributed by atoms with E-state index >= 15 is 0 Å². The molecule has 1 fully saturated rings. The Bertz CT molecular complexity index is 352. The molecule has 0 heterocycles. The third-order valence-electron chi connectivity index (χ3n) is 3.47. The first-order valence-corrected chi connectivity index (χ1v) is 6.91. The van der Waals surface area contributed by atoms with Crippen molar-refractivity contribution >= 4 is 11.6 Å². The van der Waals surface area contributed by atoms with Crippen molar-refractivity contribution in [2.24, 2.45) is 0 Å². The van der Waals surface area contributed by atoms with Crippen LogP contribution in [0.15, 0.2) is 24.3 Å². The van der Waals surface area contributed by atoms with Crippen LogP contribution in [0.25, 0.3) is 0 Å². The Morgan fingerprint density at radius 1 is 1.35 bits per heavy atom. The fraction of sp³-hybridized carbons (Fsp3) is 0.571. The van der Waals surface area contributed by atoms with E-state index in [1.54, 1.807) is 6.07 Å². The number of aromatic hydroxyl groups is 1. The van der Waals surface area contributed by atoms with Crippen molar-refractivity contribution in [2.45, 2.75) is 38.3 Å². The lowest BCUT2D eigenvalue weighted by Gasteiger charge is -2.37. The minimum atomic E-state index is 0.355. The maximum atomic E-state index is 9.47. The summed E-state index contributed by atoms with van der Waals surface area (Å²) in [6, 6.07) is 8.28. The zero-order valence-electron chi connectivity index (χ0n) is 10.1. The normalized spacial score (nSPS) is 16.1. The number of phenolic OH excluding ortho intramolecular Hbond substituents is 1. The molecule has 0 atom stereocenters. The van der Waals surface area contributed by atoms with E-state index in [0.717, 1.165) is 31.4 Å². The summed E-state index contributed by atoms with van der Waals surface area (Å²) in [5, 5.41) is 9.47. The van der Waals surface area contributed by atoms with E-state index in [0.29, 0.717) is 5.75 Å². The molecular formula is C14H20ClNO.